The van der Waals surface area contributed by atoms with Gasteiger partial charge in [-0.05, 0) is 49.4 Å². The van der Waals surface area contributed by atoms with E-state index in [-0.39, 0.29) is 6.61 Å². The molecular weight excluding hydrogens is 354 g/mol. The Kier molecular flexibility index (Phi) is 4.93. The Bertz CT molecular complexity index is 1080. The van der Waals surface area contributed by atoms with Crippen LogP contribution in [0.5, 0.6) is 0 Å². The average Bonchev–Trinajstić information content (AvgIpc) is 3.29. The van der Waals surface area contributed by atoms with Crippen LogP contribution < -0.4 is 0 Å². The number of aromatic nitrogens is 3. The summed E-state index contributed by atoms with van der Waals surface area (Å²) >= 11 is 0. The maximum Gasteiger partial charge on any atom is 0.341 e. The highest BCUT2D eigenvalue weighted by molar-refractivity contribution is 6.03. The third-order valence-corrected chi connectivity index (χ3v) is 4.12. The number of carbonyl (C=O) groups is 1. The summed E-state index contributed by atoms with van der Waals surface area (Å²) in [6.45, 7) is 2.01. The minimum atomic E-state index is -0.477. The van der Waals surface area contributed by atoms with Gasteiger partial charge in [0.15, 0.2) is 0 Å². The summed E-state index contributed by atoms with van der Waals surface area (Å²) in [4.78, 5) is 26.4. The number of nitrogens with zero attached hydrogens (tertiary/aromatic N) is 3. The van der Waals surface area contributed by atoms with Crippen molar-refractivity contribution in [2.24, 2.45) is 0 Å². The van der Waals surface area contributed by atoms with E-state index in [1.807, 2.05) is 30.3 Å². The molecule has 6 heteroatoms. The van der Waals surface area contributed by atoms with Gasteiger partial charge in [0.2, 0.25) is 0 Å². The van der Waals surface area contributed by atoms with Gasteiger partial charge < -0.3 is 9.15 Å². The minimum Gasteiger partial charge on any atom is -0.464 e. The van der Waals surface area contributed by atoms with E-state index in [4.69, 9.17) is 14.1 Å². The van der Waals surface area contributed by atoms with Crippen LogP contribution in [0.25, 0.3) is 34.1 Å². The summed E-state index contributed by atoms with van der Waals surface area (Å²) in [5.41, 5.74) is 3.18. The van der Waals surface area contributed by atoms with Crippen LogP contribution >= 0.6 is 0 Å². The lowest BCUT2D eigenvalue weighted by Crippen LogP contribution is -2.11. The summed E-state index contributed by atoms with van der Waals surface area (Å²) in [5.74, 6) is 0.0643. The first-order valence-electron chi connectivity index (χ1n) is 8.86. The molecule has 0 saturated carbocycles. The van der Waals surface area contributed by atoms with E-state index in [0.717, 1.165) is 0 Å². The van der Waals surface area contributed by atoms with Crippen molar-refractivity contribution in [3.63, 3.8) is 0 Å². The molecule has 0 aliphatic heterocycles. The minimum absolute atomic E-state index is 0.250. The lowest BCUT2D eigenvalue weighted by atomic mass is 9.99. The molecule has 0 saturated heterocycles. The van der Waals surface area contributed by atoms with Crippen molar-refractivity contribution < 1.29 is 13.9 Å². The zero-order valence-corrected chi connectivity index (χ0v) is 15.2. The van der Waals surface area contributed by atoms with Crippen LogP contribution in [0.2, 0.25) is 0 Å². The van der Waals surface area contributed by atoms with Crippen LogP contribution in [-0.2, 0) is 4.74 Å². The van der Waals surface area contributed by atoms with E-state index in [2.05, 4.69) is 9.97 Å². The van der Waals surface area contributed by atoms with Gasteiger partial charge in [0.25, 0.3) is 0 Å². The standard InChI is InChI=1S/C22H17N3O3/c1-2-27-22(26)20-15(19-10-7-13-28-19)14-18(16-8-3-5-11-23-16)25-21(20)17-9-4-6-12-24-17/h3-14H,2H2,1H3. The fourth-order valence-corrected chi connectivity index (χ4v) is 2.91. The molecule has 4 rings (SSSR count). The van der Waals surface area contributed by atoms with Crippen LogP contribution in [0.4, 0.5) is 0 Å². The van der Waals surface area contributed by atoms with E-state index >= 15 is 0 Å². The second kappa shape index (κ2) is 7.84. The molecule has 0 amide bonds. The van der Waals surface area contributed by atoms with Crippen molar-refractivity contribution >= 4 is 5.97 Å². The first-order chi connectivity index (χ1) is 13.8. The van der Waals surface area contributed by atoms with Gasteiger partial charge in [-0.2, -0.15) is 0 Å². The van der Waals surface area contributed by atoms with Gasteiger partial charge in [0.05, 0.1) is 35.5 Å². The van der Waals surface area contributed by atoms with Crippen molar-refractivity contribution in [1.29, 1.82) is 0 Å². The van der Waals surface area contributed by atoms with Gasteiger partial charge >= 0.3 is 5.97 Å². The van der Waals surface area contributed by atoms with Crippen LogP contribution in [0.1, 0.15) is 17.3 Å². The Morgan fingerprint density at radius 2 is 1.71 bits per heavy atom. The number of rotatable bonds is 5. The molecule has 0 spiro atoms. The van der Waals surface area contributed by atoms with Gasteiger partial charge in [0.1, 0.15) is 11.5 Å². The van der Waals surface area contributed by atoms with Crippen LogP contribution in [-0.4, -0.2) is 27.5 Å². The molecule has 0 aromatic carbocycles. The van der Waals surface area contributed by atoms with E-state index in [1.165, 1.54) is 0 Å². The highest BCUT2D eigenvalue weighted by Gasteiger charge is 2.25. The molecule has 0 bridgehead atoms. The first kappa shape index (κ1) is 17.6. The second-order valence-electron chi connectivity index (χ2n) is 5.91. The first-order valence-corrected chi connectivity index (χ1v) is 8.86. The normalized spacial score (nSPS) is 10.6. The summed E-state index contributed by atoms with van der Waals surface area (Å²) in [6.07, 6.45) is 4.92. The predicted octanol–water partition coefficient (Wildman–Crippen LogP) is 4.64. The Morgan fingerprint density at radius 3 is 2.32 bits per heavy atom. The summed E-state index contributed by atoms with van der Waals surface area (Å²) in [5, 5.41) is 0. The zero-order valence-electron chi connectivity index (χ0n) is 15.2. The quantitative estimate of drug-likeness (QED) is 0.476. The molecule has 0 atom stereocenters. The molecule has 4 aromatic rings. The molecule has 0 aliphatic carbocycles. The van der Waals surface area contributed by atoms with E-state index in [1.54, 1.807) is 49.8 Å². The van der Waals surface area contributed by atoms with Crippen molar-refractivity contribution in [2.45, 2.75) is 6.92 Å². The van der Waals surface area contributed by atoms with Crippen molar-refractivity contribution in [3.8, 4) is 34.1 Å². The molecule has 4 aromatic heterocycles. The van der Waals surface area contributed by atoms with Gasteiger partial charge in [-0.25, -0.2) is 9.78 Å². The Hall–Kier alpha value is -3.80. The fourth-order valence-electron chi connectivity index (χ4n) is 2.91. The Morgan fingerprint density at radius 1 is 0.964 bits per heavy atom. The third-order valence-electron chi connectivity index (χ3n) is 4.12. The second-order valence-corrected chi connectivity index (χ2v) is 5.91. The number of carbonyl (C=O) groups excluding carboxylic acids is 1. The zero-order chi connectivity index (χ0) is 19.3. The van der Waals surface area contributed by atoms with Crippen LogP contribution in [0.15, 0.2) is 77.7 Å². The Balaban J connectivity index is 2.03. The largest absolute Gasteiger partial charge is 0.464 e. The van der Waals surface area contributed by atoms with E-state index in [9.17, 15) is 4.79 Å². The highest BCUT2D eigenvalue weighted by Crippen LogP contribution is 2.34. The number of hydrogen-bond acceptors (Lipinski definition) is 6. The predicted molar refractivity (Wildman–Crippen MR) is 104 cm³/mol. The monoisotopic (exact) mass is 371 g/mol. The number of furan rings is 1. The average molecular weight is 371 g/mol. The highest BCUT2D eigenvalue weighted by atomic mass is 16.5. The topological polar surface area (TPSA) is 78.1 Å². The fraction of sp³-hybridized carbons (Fsp3) is 0.0909. The summed E-state index contributed by atoms with van der Waals surface area (Å²) in [6, 6.07) is 16.4. The molecule has 0 fully saturated rings. The smallest absolute Gasteiger partial charge is 0.341 e. The number of hydrogen-bond donors (Lipinski definition) is 0. The van der Waals surface area contributed by atoms with Gasteiger partial charge in [0, 0.05) is 18.0 Å². The van der Waals surface area contributed by atoms with E-state index in [0.29, 0.717) is 39.7 Å². The maximum absolute atomic E-state index is 12.9. The lowest BCUT2D eigenvalue weighted by molar-refractivity contribution is 0.0527. The summed E-state index contributed by atoms with van der Waals surface area (Å²) in [7, 11) is 0. The molecule has 28 heavy (non-hydrogen) atoms. The number of pyridine rings is 3. The third kappa shape index (κ3) is 3.40. The van der Waals surface area contributed by atoms with Gasteiger partial charge in [-0.3, -0.25) is 9.97 Å². The number of esters is 1. The van der Waals surface area contributed by atoms with Crippen molar-refractivity contribution in [3.05, 3.63) is 78.8 Å². The van der Waals surface area contributed by atoms with Crippen LogP contribution in [0.3, 0.4) is 0 Å². The molecule has 0 radical (unpaired) electrons. The van der Waals surface area contributed by atoms with Gasteiger partial charge in [-0.1, -0.05) is 12.1 Å². The van der Waals surface area contributed by atoms with Crippen molar-refractivity contribution in [1.82, 2.24) is 15.0 Å². The molecule has 4 heterocycles. The lowest BCUT2D eigenvalue weighted by Gasteiger charge is -2.14. The van der Waals surface area contributed by atoms with Crippen LogP contribution in [0, 0.1) is 0 Å². The molecule has 0 N–H and O–H groups in total. The van der Waals surface area contributed by atoms with E-state index < -0.39 is 5.97 Å². The molecule has 0 unspecified atom stereocenters. The Labute approximate surface area is 161 Å². The number of ether oxygens (including phenoxy) is 1. The molecular formula is C22H17N3O3. The molecule has 138 valence electrons. The van der Waals surface area contributed by atoms with Gasteiger partial charge in [-0.15, -0.1) is 0 Å². The van der Waals surface area contributed by atoms with Crippen molar-refractivity contribution in [2.75, 3.05) is 6.61 Å². The summed E-state index contributed by atoms with van der Waals surface area (Å²) < 4.78 is 10.9. The maximum atomic E-state index is 12.9. The molecule has 6 nitrogen and oxygen atoms in total. The molecule has 0 aliphatic rings. The SMILES string of the molecule is CCOC(=O)c1c(-c2ccco2)cc(-c2ccccn2)nc1-c1ccccn1.